The summed E-state index contributed by atoms with van der Waals surface area (Å²) in [6.45, 7) is 0. The van der Waals surface area contributed by atoms with Crippen LogP contribution in [-0.4, -0.2) is 24.1 Å². The van der Waals surface area contributed by atoms with Crippen molar-refractivity contribution in [3.8, 4) is 5.75 Å². The van der Waals surface area contributed by atoms with Crippen molar-refractivity contribution in [1.29, 1.82) is 0 Å². The molecule has 2 N–H and O–H groups in total. The highest BCUT2D eigenvalue weighted by Crippen LogP contribution is 2.21. The number of rotatable bonds is 6. The van der Waals surface area contributed by atoms with Gasteiger partial charge in [0.05, 0.1) is 25.1 Å². The molecule has 0 saturated carbocycles. The van der Waals surface area contributed by atoms with Crippen LogP contribution in [0.15, 0.2) is 41.1 Å². The predicted octanol–water partition coefficient (Wildman–Crippen LogP) is 2.70. The third-order valence-electron chi connectivity index (χ3n) is 2.99. The Morgan fingerprint density at radius 1 is 1.29 bits per heavy atom. The summed E-state index contributed by atoms with van der Waals surface area (Å²) < 4.78 is 5.07. The van der Waals surface area contributed by atoms with Gasteiger partial charge in [-0.25, -0.2) is 0 Å². The summed E-state index contributed by atoms with van der Waals surface area (Å²) in [5.74, 6) is -0.572. The Kier molecular flexibility index (Phi) is 4.94. The second-order valence-corrected chi connectivity index (χ2v) is 5.19. The first kappa shape index (κ1) is 15.1. The minimum atomic E-state index is -0.971. The van der Waals surface area contributed by atoms with E-state index in [1.807, 2.05) is 0 Å². The quantitative estimate of drug-likeness (QED) is 0.860. The van der Waals surface area contributed by atoms with E-state index in [2.05, 4.69) is 5.32 Å². The maximum atomic E-state index is 12.1. The monoisotopic (exact) mass is 305 g/mol. The van der Waals surface area contributed by atoms with Crippen LogP contribution in [-0.2, 0) is 4.79 Å². The first-order valence-electron chi connectivity index (χ1n) is 6.29. The van der Waals surface area contributed by atoms with Crippen LogP contribution in [0.25, 0.3) is 0 Å². The lowest BCUT2D eigenvalue weighted by Crippen LogP contribution is -2.29. The second kappa shape index (κ2) is 6.90. The molecule has 1 atom stereocenters. The minimum absolute atomic E-state index is 0.178. The molecule has 0 bridgehead atoms. The second-order valence-electron chi connectivity index (χ2n) is 4.41. The molecule has 0 radical (unpaired) electrons. The number of carboxylic acids is 1. The van der Waals surface area contributed by atoms with Crippen LogP contribution in [0.3, 0.4) is 0 Å². The minimum Gasteiger partial charge on any atom is -0.497 e. The molecule has 6 heteroatoms. The maximum absolute atomic E-state index is 12.1. The van der Waals surface area contributed by atoms with E-state index in [0.717, 1.165) is 5.56 Å². The summed E-state index contributed by atoms with van der Waals surface area (Å²) in [5, 5.41) is 15.3. The Balaban J connectivity index is 2.17. The Morgan fingerprint density at radius 3 is 2.52 bits per heavy atom. The van der Waals surface area contributed by atoms with E-state index in [-0.39, 0.29) is 12.3 Å². The summed E-state index contributed by atoms with van der Waals surface area (Å²) in [4.78, 5) is 23.1. The van der Waals surface area contributed by atoms with E-state index in [9.17, 15) is 9.59 Å². The average molecular weight is 305 g/mol. The fourth-order valence-corrected chi connectivity index (χ4v) is 2.53. The smallest absolute Gasteiger partial charge is 0.305 e. The highest BCUT2D eigenvalue weighted by molar-refractivity contribution is 7.08. The summed E-state index contributed by atoms with van der Waals surface area (Å²) in [6.07, 6.45) is -0.178. The molecule has 0 fully saturated rings. The molecule has 1 heterocycles. The molecule has 0 unspecified atom stereocenters. The fourth-order valence-electron chi connectivity index (χ4n) is 1.90. The summed E-state index contributed by atoms with van der Waals surface area (Å²) in [5.41, 5.74) is 1.26. The van der Waals surface area contributed by atoms with E-state index in [0.29, 0.717) is 11.3 Å². The van der Waals surface area contributed by atoms with Gasteiger partial charge in [0, 0.05) is 5.38 Å². The molecule has 5 nitrogen and oxygen atoms in total. The zero-order valence-corrected chi connectivity index (χ0v) is 12.2. The Morgan fingerprint density at radius 2 is 2.00 bits per heavy atom. The zero-order valence-electron chi connectivity index (χ0n) is 11.4. The van der Waals surface area contributed by atoms with Gasteiger partial charge in [-0.1, -0.05) is 12.1 Å². The lowest BCUT2D eigenvalue weighted by atomic mass is 10.0. The largest absolute Gasteiger partial charge is 0.497 e. The number of methoxy groups -OCH3 is 1. The molecular formula is C15H15NO4S. The molecule has 0 aliphatic rings. The normalized spacial score (nSPS) is 11.7. The number of hydrogen-bond donors (Lipinski definition) is 2. The van der Waals surface area contributed by atoms with Crippen LogP contribution in [0.4, 0.5) is 0 Å². The van der Waals surface area contributed by atoms with E-state index in [1.54, 1.807) is 48.2 Å². The van der Waals surface area contributed by atoms with Crippen LogP contribution >= 0.6 is 11.3 Å². The number of carbonyl (C=O) groups excluding carboxylic acids is 1. The van der Waals surface area contributed by atoms with Crippen LogP contribution < -0.4 is 10.1 Å². The van der Waals surface area contributed by atoms with Crippen molar-refractivity contribution in [2.75, 3.05) is 7.11 Å². The van der Waals surface area contributed by atoms with E-state index in [4.69, 9.17) is 9.84 Å². The molecule has 2 aromatic rings. The third kappa shape index (κ3) is 4.06. The van der Waals surface area contributed by atoms with Gasteiger partial charge in [-0.3, -0.25) is 9.59 Å². The van der Waals surface area contributed by atoms with Gasteiger partial charge in [-0.15, -0.1) is 0 Å². The highest BCUT2D eigenvalue weighted by atomic mass is 32.1. The van der Waals surface area contributed by atoms with E-state index < -0.39 is 12.0 Å². The van der Waals surface area contributed by atoms with Gasteiger partial charge in [0.25, 0.3) is 5.91 Å². The SMILES string of the molecule is COc1ccc([C@H](CC(=O)O)NC(=O)c2ccsc2)cc1. The number of aliphatic carboxylic acids is 1. The summed E-state index contributed by atoms with van der Waals surface area (Å²) in [7, 11) is 1.56. The predicted molar refractivity (Wildman–Crippen MR) is 79.8 cm³/mol. The molecule has 0 spiro atoms. The zero-order chi connectivity index (χ0) is 15.2. The van der Waals surface area contributed by atoms with Crippen molar-refractivity contribution in [2.45, 2.75) is 12.5 Å². The molecule has 0 aliphatic carbocycles. The molecule has 2 rings (SSSR count). The number of nitrogens with one attached hydrogen (secondary N) is 1. The van der Waals surface area contributed by atoms with Gasteiger partial charge in [0.2, 0.25) is 0 Å². The van der Waals surface area contributed by atoms with Gasteiger partial charge >= 0.3 is 5.97 Å². The van der Waals surface area contributed by atoms with Gasteiger partial charge in [-0.2, -0.15) is 11.3 Å². The molecule has 1 amide bonds. The third-order valence-corrected chi connectivity index (χ3v) is 3.67. The van der Waals surface area contributed by atoms with Crippen LogP contribution in [0.5, 0.6) is 5.75 Å². The van der Waals surface area contributed by atoms with Crippen LogP contribution in [0, 0.1) is 0 Å². The molecule has 110 valence electrons. The first-order chi connectivity index (χ1) is 10.1. The number of hydrogen-bond acceptors (Lipinski definition) is 4. The van der Waals surface area contributed by atoms with E-state index in [1.165, 1.54) is 11.3 Å². The first-order valence-corrected chi connectivity index (χ1v) is 7.23. The molecular weight excluding hydrogens is 290 g/mol. The van der Waals surface area contributed by atoms with Gasteiger partial charge < -0.3 is 15.2 Å². The Hall–Kier alpha value is -2.34. The molecule has 1 aromatic carbocycles. The Bertz CT molecular complexity index is 607. The number of ether oxygens (including phenoxy) is 1. The number of benzene rings is 1. The number of amides is 1. The lowest BCUT2D eigenvalue weighted by Gasteiger charge is -2.17. The molecule has 0 aliphatic heterocycles. The van der Waals surface area contributed by atoms with Gasteiger partial charge in [0.15, 0.2) is 0 Å². The van der Waals surface area contributed by atoms with Crippen molar-refractivity contribution in [3.05, 3.63) is 52.2 Å². The van der Waals surface area contributed by atoms with Crippen molar-refractivity contribution in [2.24, 2.45) is 0 Å². The molecule has 1 aromatic heterocycles. The number of carbonyl (C=O) groups is 2. The van der Waals surface area contributed by atoms with E-state index >= 15 is 0 Å². The van der Waals surface area contributed by atoms with Gasteiger partial charge in [-0.05, 0) is 29.1 Å². The fraction of sp³-hybridized carbons (Fsp3) is 0.200. The topological polar surface area (TPSA) is 75.6 Å². The summed E-state index contributed by atoms with van der Waals surface area (Å²) in [6, 6.07) is 8.09. The van der Waals surface area contributed by atoms with Crippen molar-refractivity contribution >= 4 is 23.2 Å². The molecule has 0 saturated heterocycles. The molecule has 21 heavy (non-hydrogen) atoms. The lowest BCUT2D eigenvalue weighted by molar-refractivity contribution is -0.137. The van der Waals surface area contributed by atoms with Crippen molar-refractivity contribution in [3.63, 3.8) is 0 Å². The highest BCUT2D eigenvalue weighted by Gasteiger charge is 2.19. The van der Waals surface area contributed by atoms with Crippen molar-refractivity contribution < 1.29 is 19.4 Å². The summed E-state index contributed by atoms with van der Waals surface area (Å²) >= 11 is 1.42. The van der Waals surface area contributed by atoms with Crippen LogP contribution in [0.2, 0.25) is 0 Å². The van der Waals surface area contributed by atoms with Gasteiger partial charge in [0.1, 0.15) is 5.75 Å². The number of carboxylic acid groups (broad SMARTS) is 1. The standard InChI is InChI=1S/C15H15NO4S/c1-20-12-4-2-10(3-5-12)13(8-14(17)18)16-15(19)11-6-7-21-9-11/h2-7,9,13H,8H2,1H3,(H,16,19)(H,17,18)/t13-/m0/s1. The average Bonchev–Trinajstić information content (AvgIpc) is 3.00. The Labute approximate surface area is 126 Å². The number of thiophene rings is 1. The maximum Gasteiger partial charge on any atom is 0.305 e. The van der Waals surface area contributed by atoms with Crippen LogP contribution in [0.1, 0.15) is 28.4 Å². The van der Waals surface area contributed by atoms with Crippen molar-refractivity contribution in [1.82, 2.24) is 5.32 Å².